The lowest BCUT2D eigenvalue weighted by Gasteiger charge is -2.34. The molecule has 0 saturated carbocycles. The van der Waals surface area contributed by atoms with E-state index in [1.807, 2.05) is 0 Å². The maximum atomic E-state index is 2.41. The molecule has 0 heteroatoms. The molecule has 0 heterocycles. The van der Waals surface area contributed by atoms with Gasteiger partial charge >= 0.3 is 0 Å². The molecule has 0 rings (SSSR count). The Labute approximate surface area is 78.8 Å². The Bertz CT molecular complexity index is 111. The van der Waals surface area contributed by atoms with Gasteiger partial charge in [-0.15, -0.1) is 0 Å². The van der Waals surface area contributed by atoms with E-state index in [9.17, 15) is 0 Å². The van der Waals surface area contributed by atoms with Gasteiger partial charge in [0.05, 0.1) is 0 Å². The van der Waals surface area contributed by atoms with Crippen molar-refractivity contribution in [1.82, 2.24) is 0 Å². The lowest BCUT2D eigenvalue weighted by atomic mass is 9.72. The minimum Gasteiger partial charge on any atom is -0.0651 e. The highest BCUT2D eigenvalue weighted by Gasteiger charge is 2.26. The zero-order valence-corrected chi connectivity index (χ0v) is 9.78. The van der Waals surface area contributed by atoms with Crippen molar-refractivity contribution in [3.05, 3.63) is 0 Å². The molecule has 0 amide bonds. The van der Waals surface area contributed by atoms with Gasteiger partial charge in [0.15, 0.2) is 0 Å². The second-order valence-electron chi connectivity index (χ2n) is 5.08. The van der Waals surface area contributed by atoms with Crippen molar-refractivity contribution < 1.29 is 0 Å². The van der Waals surface area contributed by atoms with Crippen LogP contribution in [0.4, 0.5) is 0 Å². The predicted octanol–water partition coefficient (Wildman–Crippen LogP) is 4.49. The van der Waals surface area contributed by atoms with Crippen LogP contribution in [0.2, 0.25) is 0 Å². The SMILES string of the molecule is CCC(CC(C)C)C(C)(C)CC. The Morgan fingerprint density at radius 3 is 1.83 bits per heavy atom. The van der Waals surface area contributed by atoms with Gasteiger partial charge in [0.25, 0.3) is 0 Å². The first-order valence-electron chi connectivity index (χ1n) is 5.44. The topological polar surface area (TPSA) is 0 Å². The molecule has 0 aliphatic rings. The first-order chi connectivity index (χ1) is 5.44. The summed E-state index contributed by atoms with van der Waals surface area (Å²) in [6, 6.07) is 0. The van der Waals surface area contributed by atoms with Crippen LogP contribution in [-0.4, -0.2) is 0 Å². The van der Waals surface area contributed by atoms with Crippen LogP contribution in [0.15, 0.2) is 0 Å². The van der Waals surface area contributed by atoms with E-state index in [0.29, 0.717) is 5.41 Å². The molecular weight excluding hydrogens is 144 g/mol. The molecule has 0 aromatic rings. The van der Waals surface area contributed by atoms with Gasteiger partial charge in [-0.05, 0) is 23.7 Å². The molecule has 0 saturated heterocycles. The standard InChI is InChI=1S/C12H26/c1-7-11(9-10(3)4)12(5,6)8-2/h10-11H,7-9H2,1-6H3. The molecule has 0 N–H and O–H groups in total. The Morgan fingerprint density at radius 2 is 1.58 bits per heavy atom. The smallest absolute Gasteiger partial charge is 0.0329 e. The maximum absolute atomic E-state index is 2.41. The second-order valence-corrected chi connectivity index (χ2v) is 5.08. The van der Waals surface area contributed by atoms with E-state index in [2.05, 4.69) is 41.5 Å². The molecule has 0 bridgehead atoms. The van der Waals surface area contributed by atoms with E-state index in [1.54, 1.807) is 0 Å². The third kappa shape index (κ3) is 3.60. The van der Waals surface area contributed by atoms with Crippen molar-refractivity contribution >= 4 is 0 Å². The van der Waals surface area contributed by atoms with Gasteiger partial charge in [0.2, 0.25) is 0 Å². The van der Waals surface area contributed by atoms with Crippen molar-refractivity contribution in [2.45, 2.75) is 60.8 Å². The zero-order chi connectivity index (χ0) is 9.78. The summed E-state index contributed by atoms with van der Waals surface area (Å²) in [5.41, 5.74) is 0.541. The van der Waals surface area contributed by atoms with E-state index in [4.69, 9.17) is 0 Å². The van der Waals surface area contributed by atoms with Crippen LogP contribution in [0, 0.1) is 17.3 Å². The summed E-state index contributed by atoms with van der Waals surface area (Å²) in [6.45, 7) is 14.1. The summed E-state index contributed by atoms with van der Waals surface area (Å²) >= 11 is 0. The molecule has 12 heavy (non-hydrogen) atoms. The van der Waals surface area contributed by atoms with Crippen LogP contribution in [-0.2, 0) is 0 Å². The van der Waals surface area contributed by atoms with Crippen LogP contribution in [0.1, 0.15) is 60.8 Å². The van der Waals surface area contributed by atoms with Crippen LogP contribution in [0.3, 0.4) is 0 Å². The van der Waals surface area contributed by atoms with Crippen molar-refractivity contribution in [3.8, 4) is 0 Å². The van der Waals surface area contributed by atoms with Gasteiger partial charge in [-0.2, -0.15) is 0 Å². The van der Waals surface area contributed by atoms with Gasteiger partial charge in [-0.25, -0.2) is 0 Å². The summed E-state index contributed by atoms with van der Waals surface area (Å²) in [5, 5.41) is 0. The molecule has 1 atom stereocenters. The predicted molar refractivity (Wildman–Crippen MR) is 57.3 cm³/mol. The van der Waals surface area contributed by atoms with Crippen molar-refractivity contribution in [3.63, 3.8) is 0 Å². The Hall–Kier alpha value is 0. The first kappa shape index (κ1) is 12.0. The molecule has 0 aromatic heterocycles. The monoisotopic (exact) mass is 170 g/mol. The minimum absolute atomic E-state index is 0.541. The van der Waals surface area contributed by atoms with Gasteiger partial charge in [0.1, 0.15) is 0 Å². The van der Waals surface area contributed by atoms with Crippen molar-refractivity contribution in [1.29, 1.82) is 0 Å². The molecule has 0 spiro atoms. The fourth-order valence-electron chi connectivity index (χ4n) is 1.90. The minimum atomic E-state index is 0.541. The van der Waals surface area contributed by atoms with Gasteiger partial charge in [0, 0.05) is 0 Å². The third-order valence-electron chi connectivity index (χ3n) is 3.27. The van der Waals surface area contributed by atoms with E-state index in [1.165, 1.54) is 19.3 Å². The van der Waals surface area contributed by atoms with E-state index >= 15 is 0 Å². The van der Waals surface area contributed by atoms with E-state index < -0.39 is 0 Å². The Balaban J connectivity index is 4.13. The van der Waals surface area contributed by atoms with Crippen LogP contribution in [0.25, 0.3) is 0 Å². The van der Waals surface area contributed by atoms with Gasteiger partial charge < -0.3 is 0 Å². The summed E-state index contributed by atoms with van der Waals surface area (Å²) in [4.78, 5) is 0. The largest absolute Gasteiger partial charge is 0.0651 e. The van der Waals surface area contributed by atoms with Crippen molar-refractivity contribution in [2.75, 3.05) is 0 Å². The molecule has 0 nitrogen and oxygen atoms in total. The average Bonchev–Trinajstić information content (AvgIpc) is 1.99. The first-order valence-corrected chi connectivity index (χ1v) is 5.44. The fraction of sp³-hybridized carbons (Fsp3) is 1.00. The molecule has 0 fully saturated rings. The zero-order valence-electron chi connectivity index (χ0n) is 9.78. The molecule has 0 radical (unpaired) electrons. The summed E-state index contributed by atoms with van der Waals surface area (Å²) in [6.07, 6.45) is 4.02. The molecule has 0 aliphatic carbocycles. The van der Waals surface area contributed by atoms with Crippen LogP contribution >= 0.6 is 0 Å². The van der Waals surface area contributed by atoms with Crippen LogP contribution < -0.4 is 0 Å². The second kappa shape index (κ2) is 4.89. The summed E-state index contributed by atoms with van der Waals surface area (Å²) in [7, 11) is 0. The third-order valence-corrected chi connectivity index (χ3v) is 3.27. The highest BCUT2D eigenvalue weighted by molar-refractivity contribution is 4.76. The molecule has 0 aliphatic heterocycles. The molecule has 0 aromatic carbocycles. The van der Waals surface area contributed by atoms with Gasteiger partial charge in [-0.3, -0.25) is 0 Å². The highest BCUT2D eigenvalue weighted by atomic mass is 14.3. The number of rotatable bonds is 5. The fourth-order valence-corrected chi connectivity index (χ4v) is 1.90. The normalized spacial score (nSPS) is 15.2. The quantitative estimate of drug-likeness (QED) is 0.570. The van der Waals surface area contributed by atoms with Crippen LogP contribution in [0.5, 0.6) is 0 Å². The summed E-state index contributed by atoms with van der Waals surface area (Å²) < 4.78 is 0. The van der Waals surface area contributed by atoms with E-state index in [-0.39, 0.29) is 0 Å². The molecule has 1 unspecified atom stereocenters. The Kier molecular flexibility index (Phi) is 4.89. The average molecular weight is 170 g/mol. The number of hydrogen-bond donors (Lipinski definition) is 0. The molecule has 74 valence electrons. The highest BCUT2D eigenvalue weighted by Crippen LogP contribution is 2.36. The number of hydrogen-bond acceptors (Lipinski definition) is 0. The van der Waals surface area contributed by atoms with E-state index in [0.717, 1.165) is 11.8 Å². The maximum Gasteiger partial charge on any atom is -0.0329 e. The summed E-state index contributed by atoms with van der Waals surface area (Å²) in [5.74, 6) is 1.75. The lowest BCUT2D eigenvalue weighted by Crippen LogP contribution is -2.24. The Morgan fingerprint density at radius 1 is 1.08 bits per heavy atom. The van der Waals surface area contributed by atoms with Crippen molar-refractivity contribution in [2.24, 2.45) is 17.3 Å². The molecular formula is C12H26. The lowest BCUT2D eigenvalue weighted by molar-refractivity contribution is 0.168. The van der Waals surface area contributed by atoms with Gasteiger partial charge in [-0.1, -0.05) is 54.4 Å².